The highest BCUT2D eigenvalue weighted by Crippen LogP contribution is 2.20. The van der Waals surface area contributed by atoms with E-state index in [-0.39, 0.29) is 0 Å². The minimum Gasteiger partial charge on any atom is -0.373 e. The molecule has 5 heteroatoms. The summed E-state index contributed by atoms with van der Waals surface area (Å²) in [5.74, 6) is 0. The van der Waals surface area contributed by atoms with Crippen LogP contribution in [-0.4, -0.2) is 38.9 Å². The predicted octanol–water partition coefficient (Wildman–Crippen LogP) is 4.19. The topological polar surface area (TPSA) is 43.2 Å². The minimum atomic E-state index is 0.329. The van der Waals surface area contributed by atoms with E-state index >= 15 is 0 Å². The van der Waals surface area contributed by atoms with Crippen molar-refractivity contribution in [1.82, 2.24) is 19.7 Å². The van der Waals surface area contributed by atoms with Crippen molar-refractivity contribution < 1.29 is 4.74 Å². The van der Waals surface area contributed by atoms with E-state index in [0.717, 1.165) is 43.5 Å². The highest BCUT2D eigenvalue weighted by atomic mass is 16.5. The molecule has 3 heterocycles. The first-order valence-corrected chi connectivity index (χ1v) is 9.89. The number of nitrogens with zero attached hydrogens (tertiary/aromatic N) is 4. The number of hydrogen-bond acceptors (Lipinski definition) is 4. The van der Waals surface area contributed by atoms with Gasteiger partial charge in [0.15, 0.2) is 5.65 Å². The fourth-order valence-corrected chi connectivity index (χ4v) is 3.73. The third-order valence-corrected chi connectivity index (χ3v) is 5.25. The smallest absolute Gasteiger partial charge is 0.157 e. The third kappa shape index (κ3) is 4.37. The second-order valence-electron chi connectivity index (χ2n) is 7.71. The van der Waals surface area contributed by atoms with Gasteiger partial charge in [-0.2, -0.15) is 5.10 Å². The summed E-state index contributed by atoms with van der Waals surface area (Å²) in [4.78, 5) is 7.15. The fourth-order valence-electron chi connectivity index (χ4n) is 3.73. The molecule has 0 saturated carbocycles. The van der Waals surface area contributed by atoms with E-state index in [4.69, 9.17) is 4.74 Å². The highest BCUT2D eigenvalue weighted by Gasteiger charge is 2.20. The number of pyridine rings is 1. The summed E-state index contributed by atoms with van der Waals surface area (Å²) >= 11 is 0. The largest absolute Gasteiger partial charge is 0.373 e. The van der Waals surface area contributed by atoms with Gasteiger partial charge in [0.05, 0.1) is 18.9 Å². The summed E-state index contributed by atoms with van der Waals surface area (Å²) in [6.07, 6.45) is 6.48. The Labute approximate surface area is 161 Å². The van der Waals surface area contributed by atoms with Crippen LogP contribution in [0.1, 0.15) is 43.9 Å². The monoisotopic (exact) mass is 364 g/mol. The Bertz CT molecular complexity index is 866. The Morgan fingerprint density at radius 2 is 1.85 bits per heavy atom. The van der Waals surface area contributed by atoms with E-state index in [1.54, 1.807) is 0 Å². The summed E-state index contributed by atoms with van der Waals surface area (Å²) < 4.78 is 8.08. The molecule has 0 spiro atoms. The quantitative estimate of drug-likeness (QED) is 0.658. The first kappa shape index (κ1) is 18.1. The van der Waals surface area contributed by atoms with Gasteiger partial charge in [-0.25, -0.2) is 9.67 Å². The van der Waals surface area contributed by atoms with E-state index in [2.05, 4.69) is 59.2 Å². The van der Waals surface area contributed by atoms with E-state index in [9.17, 15) is 0 Å². The van der Waals surface area contributed by atoms with Crippen LogP contribution in [0, 0.1) is 0 Å². The van der Waals surface area contributed by atoms with E-state index < -0.39 is 0 Å². The number of ether oxygens (including phenoxy) is 1. The summed E-state index contributed by atoms with van der Waals surface area (Å²) in [5.41, 5.74) is 3.48. The lowest BCUT2D eigenvalue weighted by Gasteiger charge is -2.31. The Morgan fingerprint density at radius 1 is 1.07 bits per heavy atom. The molecule has 4 rings (SSSR count). The minimum absolute atomic E-state index is 0.329. The van der Waals surface area contributed by atoms with Crippen LogP contribution in [0.15, 0.2) is 48.8 Å². The molecule has 0 amide bonds. The predicted molar refractivity (Wildman–Crippen MR) is 107 cm³/mol. The molecule has 1 aliphatic heterocycles. The molecule has 0 bridgehead atoms. The van der Waals surface area contributed by atoms with Crippen LogP contribution in [0.3, 0.4) is 0 Å². The fraction of sp³-hybridized carbons (Fsp3) is 0.455. The molecule has 0 unspecified atom stereocenters. The zero-order valence-corrected chi connectivity index (χ0v) is 16.2. The molecule has 5 nitrogen and oxygen atoms in total. The number of piperidine rings is 1. The van der Waals surface area contributed by atoms with Gasteiger partial charge < -0.3 is 4.74 Å². The number of fused-ring (bicyclic) bond motifs is 1. The normalized spacial score (nSPS) is 16.4. The van der Waals surface area contributed by atoms with Crippen LogP contribution in [-0.2, 0) is 17.9 Å². The van der Waals surface area contributed by atoms with Crippen molar-refractivity contribution in [2.45, 2.75) is 52.0 Å². The molecule has 0 aliphatic carbocycles. The second-order valence-corrected chi connectivity index (χ2v) is 7.71. The van der Waals surface area contributed by atoms with Crippen LogP contribution < -0.4 is 0 Å². The molecule has 0 radical (unpaired) electrons. The van der Waals surface area contributed by atoms with Gasteiger partial charge >= 0.3 is 0 Å². The highest BCUT2D eigenvalue weighted by molar-refractivity contribution is 5.75. The summed E-state index contributed by atoms with van der Waals surface area (Å²) in [6.45, 7) is 8.07. The Balaban J connectivity index is 1.29. The van der Waals surface area contributed by atoms with Crippen molar-refractivity contribution in [3.8, 4) is 0 Å². The summed E-state index contributed by atoms with van der Waals surface area (Å²) in [6, 6.07) is 13.0. The number of benzene rings is 1. The zero-order chi connectivity index (χ0) is 18.6. The van der Waals surface area contributed by atoms with Gasteiger partial charge in [0, 0.05) is 37.3 Å². The number of likely N-dealkylation sites (tertiary alicyclic amines) is 1. The first-order chi connectivity index (χ1) is 13.2. The molecule has 3 aromatic rings. The molecule has 1 aliphatic rings. The molecule has 1 fully saturated rings. The average molecular weight is 364 g/mol. The van der Waals surface area contributed by atoms with Crippen molar-refractivity contribution in [3.63, 3.8) is 0 Å². The number of aromatic nitrogens is 3. The van der Waals surface area contributed by atoms with Crippen LogP contribution in [0.2, 0.25) is 0 Å². The lowest BCUT2D eigenvalue weighted by molar-refractivity contribution is -0.00394. The third-order valence-electron chi connectivity index (χ3n) is 5.25. The standard InChI is InChI=1S/C22H28N4O/c1-17(2)26-22-20(14-24-26)12-19(13-23-22)15-25-10-8-21(9-11-25)27-16-18-6-4-3-5-7-18/h3-7,12-14,17,21H,8-11,15-16H2,1-2H3. The van der Waals surface area contributed by atoms with E-state index in [1.807, 2.05) is 23.1 Å². The SMILES string of the molecule is CC(C)n1ncc2cc(CN3CCC(OCc4ccccc4)CC3)cnc21. The van der Waals surface area contributed by atoms with Crippen LogP contribution in [0.5, 0.6) is 0 Å². The maximum absolute atomic E-state index is 6.10. The molecule has 0 N–H and O–H groups in total. The molecular formula is C22H28N4O. The van der Waals surface area contributed by atoms with Crippen molar-refractivity contribution in [3.05, 3.63) is 59.9 Å². The van der Waals surface area contributed by atoms with Crippen LogP contribution in [0.4, 0.5) is 0 Å². The zero-order valence-electron chi connectivity index (χ0n) is 16.2. The molecule has 142 valence electrons. The van der Waals surface area contributed by atoms with Gasteiger partial charge in [0.1, 0.15) is 0 Å². The average Bonchev–Trinajstić information content (AvgIpc) is 3.12. The van der Waals surface area contributed by atoms with Gasteiger partial charge in [0.25, 0.3) is 0 Å². The molecule has 0 atom stereocenters. The molecule has 27 heavy (non-hydrogen) atoms. The van der Waals surface area contributed by atoms with Gasteiger partial charge in [0.2, 0.25) is 0 Å². The van der Waals surface area contributed by atoms with Crippen molar-refractivity contribution >= 4 is 11.0 Å². The van der Waals surface area contributed by atoms with Crippen molar-refractivity contribution in [1.29, 1.82) is 0 Å². The van der Waals surface area contributed by atoms with Crippen LogP contribution >= 0.6 is 0 Å². The maximum Gasteiger partial charge on any atom is 0.157 e. The Kier molecular flexibility index (Phi) is 5.50. The molecular weight excluding hydrogens is 336 g/mol. The van der Waals surface area contributed by atoms with Gasteiger partial charge in [-0.05, 0) is 43.9 Å². The van der Waals surface area contributed by atoms with Crippen molar-refractivity contribution in [2.75, 3.05) is 13.1 Å². The van der Waals surface area contributed by atoms with Gasteiger partial charge in [-0.3, -0.25) is 4.90 Å². The second kappa shape index (κ2) is 8.19. The maximum atomic E-state index is 6.10. The number of hydrogen-bond donors (Lipinski definition) is 0. The summed E-state index contributed by atoms with van der Waals surface area (Å²) in [5, 5.41) is 5.59. The Hall–Kier alpha value is -2.24. The lowest BCUT2D eigenvalue weighted by atomic mass is 10.1. The van der Waals surface area contributed by atoms with E-state index in [1.165, 1.54) is 11.1 Å². The molecule has 1 aromatic carbocycles. The van der Waals surface area contributed by atoms with Gasteiger partial charge in [-0.1, -0.05) is 30.3 Å². The van der Waals surface area contributed by atoms with E-state index in [0.29, 0.717) is 18.8 Å². The first-order valence-electron chi connectivity index (χ1n) is 9.89. The van der Waals surface area contributed by atoms with Crippen LogP contribution in [0.25, 0.3) is 11.0 Å². The van der Waals surface area contributed by atoms with Crippen molar-refractivity contribution in [2.24, 2.45) is 0 Å². The lowest BCUT2D eigenvalue weighted by Crippen LogP contribution is -2.36. The molecule has 2 aromatic heterocycles. The molecule has 1 saturated heterocycles. The summed E-state index contributed by atoms with van der Waals surface area (Å²) in [7, 11) is 0. The Morgan fingerprint density at radius 3 is 2.59 bits per heavy atom. The number of rotatable bonds is 6. The van der Waals surface area contributed by atoms with Gasteiger partial charge in [-0.15, -0.1) is 0 Å².